The highest BCUT2D eigenvalue weighted by molar-refractivity contribution is 9.10. The van der Waals surface area contributed by atoms with Crippen LogP contribution in [0.5, 0.6) is 0 Å². The number of nitrogens with one attached hydrogen (secondary N) is 1. The fourth-order valence-electron chi connectivity index (χ4n) is 2.58. The summed E-state index contributed by atoms with van der Waals surface area (Å²) in [5, 5.41) is 9.61. The SMILES string of the molecule is Cc1cc(C)n([C@H](CNC(=O)c2cncc(Br)c2)c2cccs2)n1. The standard InChI is InChI=1S/C17H17BrN4OS/c1-11-6-12(2)22(21-11)15(16-4-3-5-24-16)10-20-17(23)13-7-14(18)9-19-8-13/h3-9,15H,10H2,1-2H3,(H,20,23)/t15-/m1/s1. The van der Waals surface area contributed by atoms with Crippen molar-refractivity contribution in [2.75, 3.05) is 6.54 Å². The van der Waals surface area contributed by atoms with Crippen LogP contribution >= 0.6 is 27.3 Å². The zero-order chi connectivity index (χ0) is 17.1. The summed E-state index contributed by atoms with van der Waals surface area (Å²) in [6, 6.07) is 7.85. The third kappa shape index (κ3) is 3.73. The second kappa shape index (κ2) is 7.27. The molecule has 0 unspecified atom stereocenters. The fraction of sp³-hybridized carbons (Fsp3) is 0.235. The first-order valence-electron chi connectivity index (χ1n) is 7.49. The molecule has 7 heteroatoms. The van der Waals surface area contributed by atoms with Crippen LogP contribution in [-0.4, -0.2) is 27.2 Å². The van der Waals surface area contributed by atoms with E-state index < -0.39 is 0 Å². The molecule has 24 heavy (non-hydrogen) atoms. The van der Waals surface area contributed by atoms with Crippen LogP contribution in [0.15, 0.2) is 46.5 Å². The van der Waals surface area contributed by atoms with E-state index >= 15 is 0 Å². The highest BCUT2D eigenvalue weighted by Gasteiger charge is 2.19. The van der Waals surface area contributed by atoms with Crippen molar-refractivity contribution >= 4 is 33.2 Å². The van der Waals surface area contributed by atoms with E-state index in [9.17, 15) is 4.79 Å². The van der Waals surface area contributed by atoms with Gasteiger partial charge in [-0.1, -0.05) is 6.07 Å². The lowest BCUT2D eigenvalue weighted by atomic mass is 10.2. The minimum atomic E-state index is -0.146. The number of pyridine rings is 1. The Labute approximate surface area is 152 Å². The van der Waals surface area contributed by atoms with Crippen molar-refractivity contribution in [1.82, 2.24) is 20.1 Å². The van der Waals surface area contributed by atoms with Crippen molar-refractivity contribution in [3.05, 3.63) is 68.3 Å². The lowest BCUT2D eigenvalue weighted by Crippen LogP contribution is -2.32. The molecule has 0 spiro atoms. The second-order valence-electron chi connectivity index (χ2n) is 5.50. The van der Waals surface area contributed by atoms with Gasteiger partial charge >= 0.3 is 0 Å². The van der Waals surface area contributed by atoms with Gasteiger partial charge in [0.05, 0.1) is 11.3 Å². The van der Waals surface area contributed by atoms with Crippen LogP contribution in [0.25, 0.3) is 0 Å². The summed E-state index contributed by atoms with van der Waals surface area (Å²) in [7, 11) is 0. The molecule has 124 valence electrons. The molecule has 0 aliphatic rings. The lowest BCUT2D eigenvalue weighted by Gasteiger charge is -2.19. The van der Waals surface area contributed by atoms with Crippen LogP contribution in [-0.2, 0) is 0 Å². The minimum Gasteiger partial charge on any atom is -0.349 e. The zero-order valence-corrected chi connectivity index (χ0v) is 15.8. The first-order valence-corrected chi connectivity index (χ1v) is 9.17. The van der Waals surface area contributed by atoms with Gasteiger partial charge in [-0.3, -0.25) is 14.5 Å². The number of aromatic nitrogens is 3. The number of hydrogen-bond acceptors (Lipinski definition) is 4. The number of aryl methyl sites for hydroxylation is 2. The second-order valence-corrected chi connectivity index (χ2v) is 7.40. The number of carbonyl (C=O) groups is 1. The number of amides is 1. The third-order valence-electron chi connectivity index (χ3n) is 3.63. The smallest absolute Gasteiger partial charge is 0.252 e. The molecule has 0 saturated heterocycles. The Morgan fingerprint density at radius 3 is 2.83 bits per heavy atom. The largest absolute Gasteiger partial charge is 0.349 e. The van der Waals surface area contributed by atoms with Gasteiger partial charge in [-0.25, -0.2) is 0 Å². The van der Waals surface area contributed by atoms with Gasteiger partial charge in [0, 0.05) is 34.0 Å². The van der Waals surface area contributed by atoms with Gasteiger partial charge in [0.2, 0.25) is 0 Å². The zero-order valence-electron chi connectivity index (χ0n) is 13.4. The molecule has 0 radical (unpaired) electrons. The summed E-state index contributed by atoms with van der Waals surface area (Å²) in [6.45, 7) is 4.47. The maximum Gasteiger partial charge on any atom is 0.252 e. The van der Waals surface area contributed by atoms with E-state index in [0.717, 1.165) is 20.7 Å². The predicted octanol–water partition coefficient (Wildman–Crippen LogP) is 3.74. The molecular formula is C17H17BrN4OS. The van der Waals surface area contributed by atoms with E-state index in [1.807, 2.05) is 36.0 Å². The Hall–Kier alpha value is -1.99. The number of hydrogen-bond donors (Lipinski definition) is 1. The van der Waals surface area contributed by atoms with Crippen molar-refractivity contribution in [3.63, 3.8) is 0 Å². The molecule has 5 nitrogen and oxygen atoms in total. The Balaban J connectivity index is 1.80. The molecular weight excluding hydrogens is 388 g/mol. The van der Waals surface area contributed by atoms with Gasteiger partial charge in [-0.05, 0) is 53.4 Å². The molecule has 1 amide bonds. The van der Waals surface area contributed by atoms with E-state index in [2.05, 4.69) is 37.4 Å². The molecule has 3 heterocycles. The van der Waals surface area contributed by atoms with Gasteiger partial charge in [0.25, 0.3) is 5.91 Å². The van der Waals surface area contributed by atoms with Crippen molar-refractivity contribution in [3.8, 4) is 0 Å². The summed E-state index contributed by atoms with van der Waals surface area (Å²) in [6.07, 6.45) is 3.21. The molecule has 0 bridgehead atoms. The maximum atomic E-state index is 12.4. The highest BCUT2D eigenvalue weighted by Crippen LogP contribution is 2.24. The Morgan fingerprint density at radius 2 is 2.21 bits per heavy atom. The van der Waals surface area contributed by atoms with Gasteiger partial charge in [0.1, 0.15) is 6.04 Å². The van der Waals surface area contributed by atoms with E-state index in [4.69, 9.17) is 0 Å². The number of carbonyl (C=O) groups excluding carboxylic acids is 1. The number of halogens is 1. The van der Waals surface area contributed by atoms with Crippen molar-refractivity contribution < 1.29 is 4.79 Å². The molecule has 0 aromatic carbocycles. The summed E-state index contributed by atoms with van der Waals surface area (Å²) in [5.74, 6) is -0.146. The normalized spacial score (nSPS) is 12.1. The van der Waals surface area contributed by atoms with Crippen LogP contribution in [0.1, 0.15) is 32.7 Å². The fourth-order valence-corrected chi connectivity index (χ4v) is 3.75. The minimum absolute atomic E-state index is 0.0252. The average molecular weight is 405 g/mol. The summed E-state index contributed by atoms with van der Waals surface area (Å²) in [5.41, 5.74) is 2.57. The molecule has 0 aliphatic carbocycles. The maximum absolute atomic E-state index is 12.4. The summed E-state index contributed by atoms with van der Waals surface area (Å²) in [4.78, 5) is 17.6. The number of rotatable bonds is 5. The van der Waals surface area contributed by atoms with E-state index in [1.54, 1.807) is 29.8 Å². The molecule has 1 N–H and O–H groups in total. The van der Waals surface area contributed by atoms with Crippen molar-refractivity contribution in [1.29, 1.82) is 0 Å². The molecule has 0 saturated carbocycles. The van der Waals surface area contributed by atoms with Crippen LogP contribution in [0.4, 0.5) is 0 Å². The van der Waals surface area contributed by atoms with Crippen LogP contribution in [0, 0.1) is 13.8 Å². The first kappa shape index (κ1) is 16.9. The average Bonchev–Trinajstić information content (AvgIpc) is 3.18. The van der Waals surface area contributed by atoms with E-state index in [1.165, 1.54) is 0 Å². The van der Waals surface area contributed by atoms with Crippen molar-refractivity contribution in [2.45, 2.75) is 19.9 Å². The molecule has 3 rings (SSSR count). The highest BCUT2D eigenvalue weighted by atomic mass is 79.9. The van der Waals surface area contributed by atoms with Crippen LogP contribution < -0.4 is 5.32 Å². The molecule has 1 atom stereocenters. The molecule has 3 aromatic heterocycles. The molecule has 0 aliphatic heterocycles. The monoisotopic (exact) mass is 404 g/mol. The van der Waals surface area contributed by atoms with Gasteiger partial charge in [-0.2, -0.15) is 5.10 Å². The quantitative estimate of drug-likeness (QED) is 0.704. The number of thiophene rings is 1. The molecule has 3 aromatic rings. The van der Waals surface area contributed by atoms with Crippen LogP contribution in [0.2, 0.25) is 0 Å². The Bertz CT molecular complexity index is 844. The van der Waals surface area contributed by atoms with Gasteiger partial charge in [0.15, 0.2) is 0 Å². The number of nitrogens with zero attached hydrogens (tertiary/aromatic N) is 3. The third-order valence-corrected chi connectivity index (χ3v) is 5.04. The van der Waals surface area contributed by atoms with Crippen molar-refractivity contribution in [2.24, 2.45) is 0 Å². The van der Waals surface area contributed by atoms with Gasteiger partial charge < -0.3 is 5.32 Å². The summed E-state index contributed by atoms with van der Waals surface area (Å²) >= 11 is 5.00. The topological polar surface area (TPSA) is 59.8 Å². The summed E-state index contributed by atoms with van der Waals surface area (Å²) < 4.78 is 2.75. The Morgan fingerprint density at radius 1 is 1.38 bits per heavy atom. The predicted molar refractivity (Wildman–Crippen MR) is 98.4 cm³/mol. The van der Waals surface area contributed by atoms with Crippen LogP contribution in [0.3, 0.4) is 0 Å². The van der Waals surface area contributed by atoms with Gasteiger partial charge in [-0.15, -0.1) is 11.3 Å². The lowest BCUT2D eigenvalue weighted by molar-refractivity contribution is 0.0949. The molecule has 0 fully saturated rings. The van der Waals surface area contributed by atoms with E-state index in [-0.39, 0.29) is 11.9 Å². The van der Waals surface area contributed by atoms with E-state index in [0.29, 0.717) is 12.1 Å². The Kier molecular flexibility index (Phi) is 5.11. The first-order chi connectivity index (χ1) is 11.5.